The molecule has 0 fully saturated rings. The lowest BCUT2D eigenvalue weighted by Gasteiger charge is -2.11. The van der Waals surface area contributed by atoms with Crippen molar-refractivity contribution in [2.24, 2.45) is 0 Å². The van der Waals surface area contributed by atoms with E-state index in [0.29, 0.717) is 17.9 Å². The number of aromatic nitrogens is 2. The molecule has 1 aromatic carbocycles. The average molecular weight is 297 g/mol. The minimum Gasteiger partial charge on any atom is -0.331 e. The van der Waals surface area contributed by atoms with Gasteiger partial charge in [0.1, 0.15) is 5.82 Å². The number of aryl methyl sites for hydroxylation is 1. The Morgan fingerprint density at radius 3 is 2.33 bits per heavy atom. The second-order valence-electron chi connectivity index (χ2n) is 4.87. The van der Waals surface area contributed by atoms with Gasteiger partial charge in [-0.25, -0.2) is 4.98 Å². The molecule has 0 aliphatic carbocycles. The molecule has 2 rings (SSSR count). The Bertz CT molecular complexity index is 600. The first-order valence-electron chi connectivity index (χ1n) is 6.78. The highest BCUT2D eigenvalue weighted by Gasteiger charge is 2.34. The van der Waals surface area contributed by atoms with Crippen LogP contribution in [0, 0.1) is 0 Å². The van der Waals surface area contributed by atoms with Crippen molar-refractivity contribution >= 4 is 0 Å². The molecule has 0 saturated carbocycles. The summed E-state index contributed by atoms with van der Waals surface area (Å²) in [6, 6.07) is 7.60. The van der Waals surface area contributed by atoms with Gasteiger partial charge in [0.05, 0.1) is 0 Å². The maximum absolute atomic E-state index is 12.8. The summed E-state index contributed by atoms with van der Waals surface area (Å²) in [5.41, 5.74) is 0.901. The average Bonchev–Trinajstić information content (AvgIpc) is 2.91. The van der Waals surface area contributed by atoms with Gasteiger partial charge in [0.15, 0.2) is 5.69 Å². The highest BCUT2D eigenvalue weighted by atomic mass is 19.4. The fourth-order valence-corrected chi connectivity index (χ4v) is 2.11. The van der Waals surface area contributed by atoms with E-state index in [1.54, 1.807) is 19.1 Å². The van der Waals surface area contributed by atoms with E-state index in [1.165, 1.54) is 4.57 Å². The van der Waals surface area contributed by atoms with Gasteiger partial charge in [-0.3, -0.25) is 0 Å². The molecule has 0 saturated heterocycles. The van der Waals surface area contributed by atoms with E-state index in [4.69, 9.17) is 0 Å². The molecule has 114 valence electrons. The fourth-order valence-electron chi connectivity index (χ4n) is 2.11. The molecule has 0 amide bonds. The molecular weight excluding hydrogens is 279 g/mol. The monoisotopic (exact) mass is 297 g/mol. The summed E-state index contributed by atoms with van der Waals surface area (Å²) in [6.45, 7) is 4.25. The topological polar surface area (TPSA) is 29.9 Å². The first kappa shape index (κ1) is 15.6. The Balaban J connectivity index is 2.39. The molecule has 0 spiro atoms. The third-order valence-electron chi connectivity index (χ3n) is 3.51. The molecule has 1 aromatic heterocycles. The summed E-state index contributed by atoms with van der Waals surface area (Å²) >= 11 is 0. The Hall–Kier alpha value is -1.82. The van der Waals surface area contributed by atoms with Gasteiger partial charge in [-0.1, -0.05) is 24.3 Å². The van der Waals surface area contributed by atoms with Gasteiger partial charge < -0.3 is 9.88 Å². The van der Waals surface area contributed by atoms with Gasteiger partial charge in [0.2, 0.25) is 0 Å². The molecule has 6 heteroatoms. The zero-order valence-electron chi connectivity index (χ0n) is 12.2. The van der Waals surface area contributed by atoms with Crippen molar-refractivity contribution in [2.75, 3.05) is 7.05 Å². The summed E-state index contributed by atoms with van der Waals surface area (Å²) in [4.78, 5) is 3.74. The van der Waals surface area contributed by atoms with Gasteiger partial charge in [0, 0.05) is 24.3 Å². The number of benzene rings is 1. The Morgan fingerprint density at radius 2 is 1.86 bits per heavy atom. The van der Waals surface area contributed by atoms with Crippen LogP contribution in [0.3, 0.4) is 0 Å². The van der Waals surface area contributed by atoms with Crippen molar-refractivity contribution in [1.82, 2.24) is 14.9 Å². The Morgan fingerprint density at radius 1 is 1.24 bits per heavy atom. The van der Waals surface area contributed by atoms with Crippen LogP contribution in [-0.4, -0.2) is 16.6 Å². The van der Waals surface area contributed by atoms with Crippen LogP contribution in [0.25, 0.3) is 11.4 Å². The number of nitrogens with zero attached hydrogens (tertiary/aromatic N) is 2. The number of nitrogens with one attached hydrogen (secondary N) is 1. The molecule has 0 bridgehead atoms. The van der Waals surface area contributed by atoms with Crippen LogP contribution in [0.4, 0.5) is 13.2 Å². The Labute approximate surface area is 121 Å². The molecule has 1 atom stereocenters. The lowest BCUT2D eigenvalue weighted by Crippen LogP contribution is -2.11. The third kappa shape index (κ3) is 3.26. The van der Waals surface area contributed by atoms with Crippen LogP contribution in [-0.2, 0) is 12.7 Å². The van der Waals surface area contributed by atoms with Crippen LogP contribution in [0.2, 0.25) is 0 Å². The molecule has 0 radical (unpaired) electrons. The lowest BCUT2D eigenvalue weighted by molar-refractivity contribution is -0.140. The highest BCUT2D eigenvalue weighted by molar-refractivity contribution is 5.57. The molecule has 0 aliphatic rings. The van der Waals surface area contributed by atoms with Crippen LogP contribution in [0.15, 0.2) is 30.5 Å². The summed E-state index contributed by atoms with van der Waals surface area (Å²) in [6.07, 6.45) is -3.37. The molecule has 0 unspecified atom stereocenters. The largest absolute Gasteiger partial charge is 0.434 e. The van der Waals surface area contributed by atoms with Crippen molar-refractivity contribution < 1.29 is 13.2 Å². The van der Waals surface area contributed by atoms with Crippen LogP contribution >= 0.6 is 0 Å². The predicted molar refractivity (Wildman–Crippen MR) is 75.8 cm³/mol. The fraction of sp³-hybridized carbons (Fsp3) is 0.400. The van der Waals surface area contributed by atoms with E-state index in [9.17, 15) is 13.2 Å². The molecule has 1 N–H and O–H groups in total. The van der Waals surface area contributed by atoms with Crippen molar-refractivity contribution in [3.63, 3.8) is 0 Å². The SMILES string of the molecule is CCn1cc(C(F)(F)F)nc1-c1ccc([C@@H](C)NC)cc1. The molecular formula is C15H18F3N3. The first-order chi connectivity index (χ1) is 9.86. The summed E-state index contributed by atoms with van der Waals surface area (Å²) < 4.78 is 39.8. The predicted octanol–water partition coefficient (Wildman–Crippen LogP) is 3.87. The minimum absolute atomic E-state index is 0.190. The van der Waals surface area contributed by atoms with E-state index < -0.39 is 11.9 Å². The normalized spacial score (nSPS) is 13.4. The number of hydrogen-bond acceptors (Lipinski definition) is 2. The van der Waals surface area contributed by atoms with Crippen molar-refractivity contribution in [3.8, 4) is 11.4 Å². The van der Waals surface area contributed by atoms with E-state index in [-0.39, 0.29) is 6.04 Å². The van der Waals surface area contributed by atoms with E-state index in [0.717, 1.165) is 11.8 Å². The van der Waals surface area contributed by atoms with Crippen LogP contribution in [0.5, 0.6) is 0 Å². The lowest BCUT2D eigenvalue weighted by atomic mass is 10.1. The second kappa shape index (κ2) is 5.89. The number of hydrogen-bond donors (Lipinski definition) is 1. The summed E-state index contributed by atoms with van der Waals surface area (Å²) in [7, 11) is 1.86. The first-order valence-corrected chi connectivity index (χ1v) is 6.78. The number of imidazole rings is 1. The van der Waals surface area contributed by atoms with Gasteiger partial charge in [-0.05, 0) is 26.5 Å². The van der Waals surface area contributed by atoms with E-state index >= 15 is 0 Å². The van der Waals surface area contributed by atoms with Gasteiger partial charge in [-0.15, -0.1) is 0 Å². The van der Waals surface area contributed by atoms with Crippen molar-refractivity contribution in [3.05, 3.63) is 41.7 Å². The minimum atomic E-state index is -4.42. The third-order valence-corrected chi connectivity index (χ3v) is 3.51. The summed E-state index contributed by atoms with van der Waals surface area (Å²) in [5.74, 6) is 0.341. The molecule has 1 heterocycles. The standard InChI is InChI=1S/C15H18F3N3/c1-4-21-9-13(15(16,17)18)20-14(21)12-7-5-11(6-8-12)10(2)19-3/h5-10,19H,4H2,1-3H3/t10-/m1/s1. The van der Waals surface area contributed by atoms with E-state index in [2.05, 4.69) is 10.3 Å². The highest BCUT2D eigenvalue weighted by Crippen LogP contribution is 2.31. The zero-order valence-corrected chi connectivity index (χ0v) is 12.2. The Kier molecular flexibility index (Phi) is 4.37. The van der Waals surface area contributed by atoms with Crippen LogP contribution in [0.1, 0.15) is 31.1 Å². The number of halogens is 3. The quantitative estimate of drug-likeness (QED) is 0.928. The molecule has 0 aliphatic heterocycles. The number of alkyl halides is 3. The summed E-state index contributed by atoms with van der Waals surface area (Å²) in [5, 5.41) is 3.12. The second-order valence-corrected chi connectivity index (χ2v) is 4.87. The zero-order chi connectivity index (χ0) is 15.6. The van der Waals surface area contributed by atoms with Gasteiger partial charge in [0.25, 0.3) is 0 Å². The number of rotatable bonds is 4. The maximum atomic E-state index is 12.8. The molecule has 2 aromatic rings. The van der Waals surface area contributed by atoms with E-state index in [1.807, 2.05) is 26.1 Å². The van der Waals surface area contributed by atoms with Gasteiger partial charge >= 0.3 is 6.18 Å². The smallest absolute Gasteiger partial charge is 0.331 e. The maximum Gasteiger partial charge on any atom is 0.434 e. The van der Waals surface area contributed by atoms with Crippen molar-refractivity contribution in [2.45, 2.75) is 32.6 Å². The molecule has 21 heavy (non-hydrogen) atoms. The van der Waals surface area contributed by atoms with Crippen molar-refractivity contribution in [1.29, 1.82) is 0 Å². The molecule has 3 nitrogen and oxygen atoms in total. The van der Waals surface area contributed by atoms with Gasteiger partial charge in [-0.2, -0.15) is 13.2 Å². The van der Waals surface area contributed by atoms with Crippen LogP contribution < -0.4 is 5.32 Å².